The van der Waals surface area contributed by atoms with Crippen LogP contribution in [-0.4, -0.2) is 24.1 Å². The van der Waals surface area contributed by atoms with E-state index >= 15 is 0 Å². The quantitative estimate of drug-likeness (QED) is 0.286. The molecule has 0 rings (SSSR count). The van der Waals surface area contributed by atoms with Crippen LogP contribution in [0.5, 0.6) is 0 Å². The van der Waals surface area contributed by atoms with Crippen LogP contribution >= 0.6 is 0 Å². The predicted octanol–water partition coefficient (Wildman–Crippen LogP) is 1.47. The summed E-state index contributed by atoms with van der Waals surface area (Å²) in [5.41, 5.74) is 0. The van der Waals surface area contributed by atoms with Gasteiger partial charge < -0.3 is 5.32 Å². The molecule has 0 aromatic carbocycles. The number of nitrogens with one attached hydrogen (secondary N) is 1. The van der Waals surface area contributed by atoms with Crippen LogP contribution in [0, 0.1) is 0 Å². The Balaban J connectivity index is 3.45. The molecule has 0 bridgehead atoms. The summed E-state index contributed by atoms with van der Waals surface area (Å²) in [6.45, 7) is 5.51. The molecule has 0 unspecified atom stereocenters. The van der Waals surface area contributed by atoms with E-state index < -0.39 is 0 Å². The Kier molecular flexibility index (Phi) is 7.39. The van der Waals surface area contributed by atoms with E-state index in [1.54, 1.807) is 0 Å². The number of rotatable bonds is 6. The van der Waals surface area contributed by atoms with Gasteiger partial charge in [-0.15, -0.1) is 0 Å². The summed E-state index contributed by atoms with van der Waals surface area (Å²) in [5, 5.41) is 4.00. The van der Waals surface area contributed by atoms with Crippen molar-refractivity contribution in [2.75, 3.05) is 13.1 Å². The number of hydrazine groups is 1. The number of nitrogens with two attached hydrogens (primary N) is 1. The van der Waals surface area contributed by atoms with Gasteiger partial charge in [0.15, 0.2) is 0 Å². The van der Waals surface area contributed by atoms with Crippen molar-refractivity contribution in [1.29, 1.82) is 0 Å². The molecule has 0 radical (unpaired) electrons. The van der Waals surface area contributed by atoms with Crippen LogP contribution in [0.4, 0.5) is 4.79 Å². The van der Waals surface area contributed by atoms with Crippen molar-refractivity contribution in [1.82, 2.24) is 10.3 Å². The van der Waals surface area contributed by atoms with Crippen molar-refractivity contribution in [3.05, 3.63) is 0 Å². The highest BCUT2D eigenvalue weighted by atomic mass is 16.2. The van der Waals surface area contributed by atoms with Gasteiger partial charge in [0.2, 0.25) is 0 Å². The molecule has 0 aromatic heterocycles. The Morgan fingerprint density at radius 3 is 2.46 bits per heavy atom. The second-order valence-corrected chi connectivity index (χ2v) is 3.13. The van der Waals surface area contributed by atoms with Crippen molar-refractivity contribution >= 4 is 6.03 Å². The van der Waals surface area contributed by atoms with E-state index in [9.17, 15) is 4.79 Å². The average molecular weight is 187 g/mol. The minimum Gasteiger partial charge on any atom is -0.337 e. The van der Waals surface area contributed by atoms with Gasteiger partial charge in [-0.3, -0.25) is 5.01 Å². The number of hydrogen-bond acceptors (Lipinski definition) is 2. The molecule has 0 aromatic rings. The Bertz CT molecular complexity index is 139. The second-order valence-electron chi connectivity index (χ2n) is 3.13. The molecule has 0 heterocycles. The Labute approximate surface area is 80.4 Å². The monoisotopic (exact) mass is 187 g/mol. The maximum Gasteiger partial charge on any atom is 0.331 e. The molecule has 0 aliphatic heterocycles. The van der Waals surface area contributed by atoms with Gasteiger partial charge in [-0.2, -0.15) is 0 Å². The zero-order chi connectivity index (χ0) is 10.1. The maximum atomic E-state index is 11.2. The van der Waals surface area contributed by atoms with E-state index in [4.69, 9.17) is 5.84 Å². The van der Waals surface area contributed by atoms with E-state index in [2.05, 4.69) is 19.2 Å². The highest BCUT2D eigenvalue weighted by molar-refractivity contribution is 5.73. The van der Waals surface area contributed by atoms with Crippen LogP contribution < -0.4 is 11.2 Å². The van der Waals surface area contributed by atoms with Crippen molar-refractivity contribution in [3.63, 3.8) is 0 Å². The maximum absolute atomic E-state index is 11.2. The van der Waals surface area contributed by atoms with Crippen molar-refractivity contribution in [2.24, 2.45) is 5.84 Å². The number of carbonyl (C=O) groups excluding carboxylic acids is 1. The molecule has 0 spiro atoms. The van der Waals surface area contributed by atoms with Gasteiger partial charge >= 0.3 is 6.03 Å². The fourth-order valence-corrected chi connectivity index (χ4v) is 0.904. The third-order valence-corrected chi connectivity index (χ3v) is 1.82. The summed E-state index contributed by atoms with van der Waals surface area (Å²) in [7, 11) is 0. The molecular formula is C9H21N3O. The third kappa shape index (κ3) is 6.40. The highest BCUT2D eigenvalue weighted by Crippen LogP contribution is 1.90. The van der Waals surface area contributed by atoms with Gasteiger partial charge in [0, 0.05) is 13.1 Å². The fraction of sp³-hybridized carbons (Fsp3) is 0.889. The summed E-state index contributed by atoms with van der Waals surface area (Å²) in [5.74, 6) is 5.51. The number of nitrogens with zero attached hydrogens (tertiary/aromatic N) is 1. The summed E-state index contributed by atoms with van der Waals surface area (Å²) in [4.78, 5) is 11.2. The molecule has 2 amide bonds. The van der Waals surface area contributed by atoms with E-state index in [0.29, 0.717) is 6.54 Å². The topological polar surface area (TPSA) is 58.4 Å². The normalized spacial score (nSPS) is 9.77. The number of carbonyl (C=O) groups is 1. The molecule has 4 heteroatoms. The van der Waals surface area contributed by atoms with Crippen LogP contribution in [0.2, 0.25) is 0 Å². The Morgan fingerprint density at radius 1 is 1.31 bits per heavy atom. The Hall–Kier alpha value is -0.770. The molecule has 0 aliphatic carbocycles. The predicted molar refractivity (Wildman–Crippen MR) is 54.1 cm³/mol. The van der Waals surface area contributed by atoms with Crippen molar-refractivity contribution in [2.45, 2.75) is 39.5 Å². The molecule has 78 valence electrons. The van der Waals surface area contributed by atoms with Gasteiger partial charge in [-0.1, -0.05) is 26.7 Å². The lowest BCUT2D eigenvalue weighted by molar-refractivity contribution is 0.198. The van der Waals surface area contributed by atoms with Crippen molar-refractivity contribution in [3.8, 4) is 0 Å². The summed E-state index contributed by atoms with van der Waals surface area (Å²) < 4.78 is 0. The van der Waals surface area contributed by atoms with E-state index in [0.717, 1.165) is 32.2 Å². The summed E-state index contributed by atoms with van der Waals surface area (Å²) >= 11 is 0. The molecule has 0 fully saturated rings. The molecule has 13 heavy (non-hydrogen) atoms. The largest absolute Gasteiger partial charge is 0.337 e. The van der Waals surface area contributed by atoms with Gasteiger partial charge in [-0.25, -0.2) is 10.6 Å². The average Bonchev–Trinajstić information content (AvgIpc) is 2.14. The number of urea groups is 1. The molecule has 3 N–H and O–H groups in total. The fourth-order valence-electron chi connectivity index (χ4n) is 0.904. The van der Waals surface area contributed by atoms with Crippen LogP contribution in [0.3, 0.4) is 0 Å². The zero-order valence-corrected chi connectivity index (χ0v) is 8.68. The highest BCUT2D eigenvalue weighted by Gasteiger charge is 2.05. The second kappa shape index (κ2) is 7.86. The summed E-state index contributed by atoms with van der Waals surface area (Å²) in [6, 6.07) is -0.165. The van der Waals surface area contributed by atoms with Crippen LogP contribution in [0.25, 0.3) is 0 Å². The van der Waals surface area contributed by atoms with Gasteiger partial charge in [0.05, 0.1) is 0 Å². The minimum absolute atomic E-state index is 0.165. The minimum atomic E-state index is -0.165. The summed E-state index contributed by atoms with van der Waals surface area (Å²) in [6.07, 6.45) is 4.10. The molecule has 0 aliphatic rings. The van der Waals surface area contributed by atoms with Crippen LogP contribution in [0.1, 0.15) is 39.5 Å². The first-order valence-electron chi connectivity index (χ1n) is 5.02. The lowest BCUT2D eigenvalue weighted by Crippen LogP contribution is -2.45. The zero-order valence-electron chi connectivity index (χ0n) is 8.68. The molecule has 0 saturated carbocycles. The first-order valence-corrected chi connectivity index (χ1v) is 5.02. The first-order chi connectivity index (χ1) is 6.22. The standard InChI is InChI=1S/C9H21N3O/c1-3-5-7-11-9(13)12(10)8-6-4-2/h3-8,10H2,1-2H3,(H,11,13). The Morgan fingerprint density at radius 2 is 1.92 bits per heavy atom. The van der Waals surface area contributed by atoms with E-state index in [1.807, 2.05) is 0 Å². The van der Waals surface area contributed by atoms with E-state index in [1.165, 1.54) is 5.01 Å². The smallest absolute Gasteiger partial charge is 0.331 e. The van der Waals surface area contributed by atoms with Crippen molar-refractivity contribution < 1.29 is 4.79 Å². The molecule has 4 nitrogen and oxygen atoms in total. The number of hydrogen-bond donors (Lipinski definition) is 2. The number of unbranched alkanes of at least 4 members (excludes halogenated alkanes) is 2. The molecular weight excluding hydrogens is 166 g/mol. The third-order valence-electron chi connectivity index (χ3n) is 1.82. The lowest BCUT2D eigenvalue weighted by Gasteiger charge is -2.16. The first kappa shape index (κ1) is 12.2. The van der Waals surface area contributed by atoms with Gasteiger partial charge in [0.25, 0.3) is 0 Å². The SMILES string of the molecule is CCCCNC(=O)N(N)CCCC. The number of amides is 2. The lowest BCUT2D eigenvalue weighted by atomic mass is 10.3. The molecule has 0 atom stereocenters. The van der Waals surface area contributed by atoms with Crippen LogP contribution in [0.15, 0.2) is 0 Å². The van der Waals surface area contributed by atoms with Crippen LogP contribution in [-0.2, 0) is 0 Å². The molecule has 0 saturated heterocycles. The van der Waals surface area contributed by atoms with E-state index in [-0.39, 0.29) is 6.03 Å². The van der Waals surface area contributed by atoms with Gasteiger partial charge in [0.1, 0.15) is 0 Å². The van der Waals surface area contributed by atoms with Gasteiger partial charge in [-0.05, 0) is 12.8 Å².